The van der Waals surface area contributed by atoms with E-state index in [9.17, 15) is 4.39 Å². The van der Waals surface area contributed by atoms with Crippen LogP contribution in [0.1, 0.15) is 23.7 Å². The first-order valence-corrected chi connectivity index (χ1v) is 5.95. The third kappa shape index (κ3) is 2.50. The summed E-state index contributed by atoms with van der Waals surface area (Å²) in [5, 5.41) is 5.09. The fourth-order valence-electron chi connectivity index (χ4n) is 1.78. The number of halogens is 2. The lowest BCUT2D eigenvalue weighted by Gasteiger charge is -2.03. The summed E-state index contributed by atoms with van der Waals surface area (Å²) in [5.74, 6) is -0.231. The van der Waals surface area contributed by atoms with Gasteiger partial charge in [-0.3, -0.25) is 0 Å². The Labute approximate surface area is 105 Å². The van der Waals surface area contributed by atoms with Crippen molar-refractivity contribution in [3.63, 3.8) is 0 Å². The van der Waals surface area contributed by atoms with Crippen molar-refractivity contribution in [1.29, 1.82) is 0 Å². The standard InChI is InChI=1S/C13H14ClFN2/c1-3-12-9(2)13(14)17(16-12)8-10-4-6-11(15)7-5-10/h4-7H,3,8H2,1-2H3. The van der Waals surface area contributed by atoms with Crippen LogP contribution in [0, 0.1) is 12.7 Å². The minimum Gasteiger partial charge on any atom is -0.249 e. The van der Waals surface area contributed by atoms with Crippen LogP contribution in [0.4, 0.5) is 4.39 Å². The van der Waals surface area contributed by atoms with E-state index in [0.29, 0.717) is 11.7 Å². The number of aryl methyl sites for hydroxylation is 1. The molecule has 4 heteroatoms. The van der Waals surface area contributed by atoms with Gasteiger partial charge in [0.15, 0.2) is 0 Å². The largest absolute Gasteiger partial charge is 0.249 e. The molecule has 0 saturated heterocycles. The third-order valence-corrected chi connectivity index (χ3v) is 3.27. The van der Waals surface area contributed by atoms with Gasteiger partial charge in [0.05, 0.1) is 12.2 Å². The van der Waals surface area contributed by atoms with Crippen molar-refractivity contribution in [2.75, 3.05) is 0 Å². The number of aromatic nitrogens is 2. The Morgan fingerprint density at radius 1 is 1.29 bits per heavy atom. The Bertz CT molecular complexity index is 517. The van der Waals surface area contributed by atoms with Crippen LogP contribution in [0.5, 0.6) is 0 Å². The van der Waals surface area contributed by atoms with Gasteiger partial charge < -0.3 is 0 Å². The summed E-state index contributed by atoms with van der Waals surface area (Å²) in [6.07, 6.45) is 0.863. The molecule has 0 aliphatic heterocycles. The van der Waals surface area contributed by atoms with E-state index < -0.39 is 0 Å². The van der Waals surface area contributed by atoms with E-state index in [1.54, 1.807) is 16.8 Å². The van der Waals surface area contributed by atoms with Crippen LogP contribution >= 0.6 is 11.6 Å². The Hall–Kier alpha value is -1.35. The lowest BCUT2D eigenvalue weighted by Crippen LogP contribution is -2.02. The first-order chi connectivity index (χ1) is 8.11. The minimum absolute atomic E-state index is 0.231. The minimum atomic E-state index is -0.231. The zero-order valence-electron chi connectivity index (χ0n) is 9.87. The maximum atomic E-state index is 12.8. The molecule has 0 N–H and O–H groups in total. The van der Waals surface area contributed by atoms with Gasteiger partial charge in [0, 0.05) is 5.56 Å². The summed E-state index contributed by atoms with van der Waals surface area (Å²) in [4.78, 5) is 0. The van der Waals surface area contributed by atoms with Crippen LogP contribution in [0.2, 0.25) is 5.15 Å². The predicted molar refractivity (Wildman–Crippen MR) is 66.9 cm³/mol. The van der Waals surface area contributed by atoms with Crippen molar-refractivity contribution in [2.24, 2.45) is 0 Å². The average Bonchev–Trinajstić information content (AvgIpc) is 2.60. The lowest BCUT2D eigenvalue weighted by molar-refractivity contribution is 0.624. The lowest BCUT2D eigenvalue weighted by atomic mass is 10.2. The maximum Gasteiger partial charge on any atom is 0.130 e. The van der Waals surface area contributed by atoms with Crippen molar-refractivity contribution in [2.45, 2.75) is 26.8 Å². The maximum absolute atomic E-state index is 12.8. The van der Waals surface area contributed by atoms with Crippen molar-refractivity contribution < 1.29 is 4.39 Å². The molecule has 0 fully saturated rings. The molecular weight excluding hydrogens is 239 g/mol. The number of hydrogen-bond donors (Lipinski definition) is 0. The van der Waals surface area contributed by atoms with Gasteiger partial charge >= 0.3 is 0 Å². The zero-order valence-corrected chi connectivity index (χ0v) is 10.6. The van der Waals surface area contributed by atoms with Crippen molar-refractivity contribution in [3.8, 4) is 0 Å². The van der Waals surface area contributed by atoms with Gasteiger partial charge in [-0.2, -0.15) is 5.10 Å². The summed E-state index contributed by atoms with van der Waals surface area (Å²) in [7, 11) is 0. The monoisotopic (exact) mass is 252 g/mol. The summed E-state index contributed by atoms with van der Waals surface area (Å²) in [6.45, 7) is 4.59. The summed E-state index contributed by atoms with van der Waals surface area (Å²) >= 11 is 6.20. The highest BCUT2D eigenvalue weighted by molar-refractivity contribution is 6.30. The molecule has 0 unspecified atom stereocenters. The number of benzene rings is 1. The fraction of sp³-hybridized carbons (Fsp3) is 0.308. The highest BCUT2D eigenvalue weighted by Crippen LogP contribution is 2.20. The Kier molecular flexibility index (Phi) is 3.48. The van der Waals surface area contributed by atoms with Crippen LogP contribution in [0.15, 0.2) is 24.3 Å². The molecule has 1 aromatic carbocycles. The van der Waals surface area contributed by atoms with Gasteiger partial charge in [0.2, 0.25) is 0 Å². The van der Waals surface area contributed by atoms with Crippen LogP contribution < -0.4 is 0 Å². The van der Waals surface area contributed by atoms with E-state index in [4.69, 9.17) is 11.6 Å². The molecule has 0 bridgehead atoms. The first kappa shape index (κ1) is 12.1. The predicted octanol–water partition coefficient (Wildman–Crippen LogP) is 3.59. The molecule has 0 aliphatic rings. The summed E-state index contributed by atoms with van der Waals surface area (Å²) < 4.78 is 14.5. The van der Waals surface area contributed by atoms with Gasteiger partial charge in [-0.15, -0.1) is 0 Å². The topological polar surface area (TPSA) is 17.8 Å². The summed E-state index contributed by atoms with van der Waals surface area (Å²) in [6, 6.07) is 6.38. The van der Waals surface area contributed by atoms with Gasteiger partial charge in [-0.25, -0.2) is 9.07 Å². The van der Waals surface area contributed by atoms with E-state index >= 15 is 0 Å². The van der Waals surface area contributed by atoms with Crippen LogP contribution in [-0.2, 0) is 13.0 Å². The Balaban J connectivity index is 2.27. The normalized spacial score (nSPS) is 10.8. The molecule has 0 spiro atoms. The van der Waals surface area contributed by atoms with E-state index in [-0.39, 0.29) is 5.82 Å². The fourth-order valence-corrected chi connectivity index (χ4v) is 1.99. The molecule has 90 valence electrons. The number of hydrogen-bond acceptors (Lipinski definition) is 1. The molecule has 0 amide bonds. The summed E-state index contributed by atoms with van der Waals surface area (Å²) in [5.41, 5.74) is 3.02. The third-order valence-electron chi connectivity index (χ3n) is 2.79. The van der Waals surface area contributed by atoms with E-state index in [1.165, 1.54) is 12.1 Å². The van der Waals surface area contributed by atoms with E-state index in [0.717, 1.165) is 23.2 Å². The molecule has 0 radical (unpaired) electrons. The van der Waals surface area contributed by atoms with Gasteiger partial charge in [-0.05, 0) is 31.0 Å². The van der Waals surface area contributed by atoms with Crippen molar-refractivity contribution >= 4 is 11.6 Å². The highest BCUT2D eigenvalue weighted by atomic mass is 35.5. The molecule has 2 aromatic rings. The van der Waals surface area contributed by atoms with Crippen LogP contribution in [0.3, 0.4) is 0 Å². The van der Waals surface area contributed by atoms with Crippen molar-refractivity contribution in [1.82, 2.24) is 9.78 Å². The average molecular weight is 253 g/mol. The van der Waals surface area contributed by atoms with Crippen molar-refractivity contribution in [3.05, 3.63) is 52.1 Å². The molecule has 2 rings (SSSR count). The Morgan fingerprint density at radius 2 is 1.94 bits per heavy atom. The van der Waals surface area contributed by atoms with Gasteiger partial charge in [0.25, 0.3) is 0 Å². The van der Waals surface area contributed by atoms with Crippen LogP contribution in [-0.4, -0.2) is 9.78 Å². The number of nitrogens with zero attached hydrogens (tertiary/aromatic N) is 2. The molecule has 0 atom stereocenters. The van der Waals surface area contributed by atoms with E-state index in [2.05, 4.69) is 5.10 Å². The zero-order chi connectivity index (χ0) is 12.4. The smallest absolute Gasteiger partial charge is 0.130 e. The molecule has 1 heterocycles. The molecule has 0 aliphatic carbocycles. The second-order valence-corrected chi connectivity index (χ2v) is 4.36. The van der Waals surface area contributed by atoms with Crippen LogP contribution in [0.25, 0.3) is 0 Å². The molecular formula is C13H14ClFN2. The molecule has 1 aromatic heterocycles. The first-order valence-electron chi connectivity index (χ1n) is 5.58. The molecule has 0 saturated carbocycles. The molecule has 2 nitrogen and oxygen atoms in total. The Morgan fingerprint density at radius 3 is 2.47 bits per heavy atom. The SMILES string of the molecule is CCc1nn(Cc2ccc(F)cc2)c(Cl)c1C. The highest BCUT2D eigenvalue weighted by Gasteiger charge is 2.11. The van der Waals surface area contributed by atoms with Gasteiger partial charge in [-0.1, -0.05) is 30.7 Å². The second-order valence-electron chi connectivity index (χ2n) is 4.00. The second kappa shape index (κ2) is 4.88. The van der Waals surface area contributed by atoms with Gasteiger partial charge in [0.1, 0.15) is 11.0 Å². The quantitative estimate of drug-likeness (QED) is 0.816. The number of rotatable bonds is 3. The van der Waals surface area contributed by atoms with E-state index in [1.807, 2.05) is 13.8 Å². The molecule has 17 heavy (non-hydrogen) atoms.